The van der Waals surface area contributed by atoms with E-state index in [1.807, 2.05) is 0 Å². The molecule has 0 aliphatic carbocycles. The van der Waals surface area contributed by atoms with Crippen molar-refractivity contribution < 1.29 is 14.1 Å². The van der Waals surface area contributed by atoms with Crippen molar-refractivity contribution in [3.05, 3.63) is 0 Å². The summed E-state index contributed by atoms with van der Waals surface area (Å²) in [5, 5.41) is 6.64. The molecule has 212 valence electrons. The van der Waals surface area contributed by atoms with Gasteiger partial charge in [0.05, 0.1) is 27.2 Å². The van der Waals surface area contributed by atoms with Crippen molar-refractivity contribution in [2.45, 2.75) is 120 Å². The predicted octanol–water partition coefficient (Wildman–Crippen LogP) is 6.41. The van der Waals surface area contributed by atoms with Gasteiger partial charge in [-0.1, -0.05) is 88.0 Å². The van der Waals surface area contributed by atoms with E-state index in [1.54, 1.807) is 0 Å². The van der Waals surface area contributed by atoms with Gasteiger partial charge in [-0.05, 0) is 41.4 Å². The molecule has 5 heteroatoms. The highest BCUT2D eigenvalue weighted by molar-refractivity contribution is 5.78. The summed E-state index contributed by atoms with van der Waals surface area (Å²) >= 11 is 0. The van der Waals surface area contributed by atoms with Crippen molar-refractivity contribution in [3.8, 4) is 0 Å². The second-order valence-electron chi connectivity index (χ2n) is 13.3. The van der Waals surface area contributed by atoms with E-state index in [4.69, 9.17) is 0 Å². The van der Waals surface area contributed by atoms with E-state index >= 15 is 0 Å². The van der Waals surface area contributed by atoms with Crippen molar-refractivity contribution in [3.63, 3.8) is 0 Å². The molecular formula is C31H62N3O2+. The number of quaternary nitrogens is 1. The summed E-state index contributed by atoms with van der Waals surface area (Å²) in [5.41, 5.74) is -0.0606. The summed E-state index contributed by atoms with van der Waals surface area (Å²) in [6.45, 7) is 23.4. The van der Waals surface area contributed by atoms with Crippen molar-refractivity contribution in [2.24, 2.45) is 34.0 Å². The molecule has 0 bridgehead atoms. The molecule has 0 aromatic carbocycles. The van der Waals surface area contributed by atoms with Crippen molar-refractivity contribution in [1.82, 2.24) is 10.6 Å². The Morgan fingerprint density at radius 3 is 2.03 bits per heavy atom. The average molecular weight is 509 g/mol. The molecule has 1 heterocycles. The van der Waals surface area contributed by atoms with E-state index < -0.39 is 0 Å². The molecule has 0 spiro atoms. The molecule has 1 amide bonds. The lowest BCUT2D eigenvalue weighted by molar-refractivity contribution is -0.901. The summed E-state index contributed by atoms with van der Waals surface area (Å²) in [7, 11) is 4.51. The minimum absolute atomic E-state index is 0.00130. The van der Waals surface area contributed by atoms with Gasteiger partial charge in [-0.3, -0.25) is 10.1 Å². The Balaban J connectivity index is 3.09. The predicted molar refractivity (Wildman–Crippen MR) is 154 cm³/mol. The molecule has 36 heavy (non-hydrogen) atoms. The molecule has 1 fully saturated rings. The minimum Gasteiger partial charge on any atom is -0.356 e. The second kappa shape index (κ2) is 13.7. The molecule has 0 aromatic rings. The maximum absolute atomic E-state index is 13.2. The zero-order valence-corrected chi connectivity index (χ0v) is 25.9. The summed E-state index contributed by atoms with van der Waals surface area (Å²) in [4.78, 5) is 26.1. The SMILES string of the molecule is CCC(C)C(CC)(C(C=O)CC(C)(CC)CC)C(C)(CC)CC(C)C(=O)NCCC[N+](C)(C)C1CN1. The third kappa shape index (κ3) is 7.56. The highest BCUT2D eigenvalue weighted by Crippen LogP contribution is 2.60. The Hall–Kier alpha value is -0.940. The highest BCUT2D eigenvalue weighted by atomic mass is 16.1. The van der Waals surface area contributed by atoms with E-state index in [0.717, 1.165) is 75.5 Å². The molecule has 0 radical (unpaired) electrons. The lowest BCUT2D eigenvalue weighted by Crippen LogP contribution is -2.52. The van der Waals surface area contributed by atoms with E-state index in [-0.39, 0.29) is 34.0 Å². The van der Waals surface area contributed by atoms with Crippen LogP contribution < -0.4 is 10.6 Å². The van der Waals surface area contributed by atoms with Gasteiger partial charge >= 0.3 is 0 Å². The molecular weight excluding hydrogens is 446 g/mol. The average Bonchev–Trinajstić information content (AvgIpc) is 3.72. The van der Waals surface area contributed by atoms with Crippen LogP contribution in [0.25, 0.3) is 0 Å². The number of nitrogens with zero attached hydrogens (tertiary/aromatic N) is 1. The normalized spacial score (nSPS) is 22.1. The van der Waals surface area contributed by atoms with Gasteiger partial charge in [-0.25, -0.2) is 0 Å². The fraction of sp³-hybridized carbons (Fsp3) is 0.935. The van der Waals surface area contributed by atoms with E-state index in [1.165, 1.54) is 6.29 Å². The molecule has 1 aliphatic rings. The monoisotopic (exact) mass is 508 g/mol. The van der Waals surface area contributed by atoms with E-state index in [9.17, 15) is 9.59 Å². The molecule has 0 aromatic heterocycles. The number of nitrogens with one attached hydrogen (secondary N) is 2. The van der Waals surface area contributed by atoms with Crippen molar-refractivity contribution >= 4 is 12.2 Å². The van der Waals surface area contributed by atoms with Crippen LogP contribution >= 0.6 is 0 Å². The van der Waals surface area contributed by atoms with Gasteiger partial charge in [0, 0.05) is 24.8 Å². The molecule has 2 N–H and O–H groups in total. The zero-order valence-electron chi connectivity index (χ0n) is 25.9. The number of hydrogen-bond donors (Lipinski definition) is 2. The van der Waals surface area contributed by atoms with Gasteiger partial charge in [0.25, 0.3) is 0 Å². The Morgan fingerprint density at radius 2 is 1.61 bits per heavy atom. The largest absolute Gasteiger partial charge is 0.356 e. The van der Waals surface area contributed by atoms with E-state index in [0.29, 0.717) is 12.1 Å². The van der Waals surface area contributed by atoms with Crippen LogP contribution in [-0.2, 0) is 9.59 Å². The van der Waals surface area contributed by atoms with E-state index in [2.05, 4.69) is 87.0 Å². The second-order valence-corrected chi connectivity index (χ2v) is 13.3. The van der Waals surface area contributed by atoms with Crippen LogP contribution in [0.15, 0.2) is 0 Å². The minimum atomic E-state index is -0.128. The first-order valence-corrected chi connectivity index (χ1v) is 15.0. The summed E-state index contributed by atoms with van der Waals surface area (Å²) in [5.74, 6) is 0.493. The van der Waals surface area contributed by atoms with Crippen LogP contribution in [0.3, 0.4) is 0 Å². The van der Waals surface area contributed by atoms with Crippen LogP contribution in [0.1, 0.15) is 114 Å². The van der Waals surface area contributed by atoms with Gasteiger partial charge < -0.3 is 14.6 Å². The standard InChI is InChI=1S/C31H61N3O2/c1-12-25(7)31(16-5,26(23-35)21-29(8,13-2)14-3)30(9,15-4)20-24(6)28(36)32-18-17-19-34(10,11)27-22-33-27/h23-27,33H,12-22H2,1-11H3/p+1. The Morgan fingerprint density at radius 1 is 1.03 bits per heavy atom. The van der Waals surface area contributed by atoms with Crippen LogP contribution in [0, 0.1) is 34.0 Å². The number of carbonyl (C=O) groups excluding carboxylic acids is 2. The lowest BCUT2D eigenvalue weighted by Gasteiger charge is -2.57. The number of amides is 1. The van der Waals surface area contributed by atoms with Crippen LogP contribution in [-0.4, -0.2) is 56.6 Å². The topological polar surface area (TPSA) is 68.1 Å². The van der Waals surface area contributed by atoms with Gasteiger partial charge in [0.1, 0.15) is 6.29 Å². The quantitative estimate of drug-likeness (QED) is 0.0916. The Bertz CT molecular complexity index is 685. The lowest BCUT2D eigenvalue weighted by atomic mass is 9.47. The molecule has 5 nitrogen and oxygen atoms in total. The molecule has 0 saturated carbocycles. The van der Waals surface area contributed by atoms with Crippen LogP contribution in [0.4, 0.5) is 0 Å². The number of rotatable bonds is 19. The maximum atomic E-state index is 13.2. The fourth-order valence-corrected chi connectivity index (χ4v) is 7.24. The van der Waals surface area contributed by atoms with Crippen molar-refractivity contribution in [1.29, 1.82) is 0 Å². The third-order valence-electron chi connectivity index (χ3n) is 10.9. The van der Waals surface area contributed by atoms with Gasteiger partial charge in [0.2, 0.25) is 5.91 Å². The summed E-state index contributed by atoms with van der Waals surface area (Å²) in [6, 6.07) is 0. The van der Waals surface area contributed by atoms with Crippen LogP contribution in [0.5, 0.6) is 0 Å². The summed E-state index contributed by atoms with van der Waals surface area (Å²) in [6.07, 6.45) is 9.75. The first kappa shape index (κ1) is 33.1. The summed E-state index contributed by atoms with van der Waals surface area (Å²) < 4.78 is 0.967. The molecule has 1 aliphatic heterocycles. The Kier molecular flexibility index (Phi) is 12.6. The fourth-order valence-electron chi connectivity index (χ4n) is 7.24. The van der Waals surface area contributed by atoms with Crippen molar-refractivity contribution in [2.75, 3.05) is 33.7 Å². The van der Waals surface area contributed by atoms with Gasteiger partial charge in [-0.15, -0.1) is 0 Å². The zero-order chi connectivity index (χ0) is 27.8. The van der Waals surface area contributed by atoms with Crippen LogP contribution in [0.2, 0.25) is 0 Å². The van der Waals surface area contributed by atoms with Gasteiger partial charge in [-0.2, -0.15) is 0 Å². The molecule has 6 atom stereocenters. The first-order valence-electron chi connectivity index (χ1n) is 15.0. The first-order chi connectivity index (χ1) is 16.8. The molecule has 1 saturated heterocycles. The third-order valence-corrected chi connectivity index (χ3v) is 10.9. The highest BCUT2D eigenvalue weighted by Gasteiger charge is 2.54. The molecule has 6 unspecified atom stereocenters. The number of hydrogen-bond acceptors (Lipinski definition) is 3. The number of likely N-dealkylation sites (N-methyl/N-ethyl adjacent to an activating group) is 1. The maximum Gasteiger partial charge on any atom is 0.222 e. The van der Waals surface area contributed by atoms with Gasteiger partial charge in [0.15, 0.2) is 6.17 Å². The Labute approximate surface area is 224 Å². The number of aldehydes is 1. The number of carbonyl (C=O) groups is 2. The smallest absolute Gasteiger partial charge is 0.222 e. The molecule has 1 rings (SSSR count).